The number of nitrogens with zero attached hydrogens (tertiary/aromatic N) is 1. The Hall–Kier alpha value is -1.86. The molecular formula is C20H23BrN2O3S. The molecular weight excluding hydrogens is 428 g/mol. The molecule has 1 N–H and O–H groups in total. The van der Waals surface area contributed by atoms with Crippen LogP contribution in [0.4, 0.5) is 5.69 Å². The molecule has 1 atom stereocenters. The Kier molecular flexibility index (Phi) is 5.91. The Balaban J connectivity index is 1.87. The average Bonchev–Trinajstić information content (AvgIpc) is 2.64. The van der Waals surface area contributed by atoms with Gasteiger partial charge in [0.2, 0.25) is 0 Å². The number of piperidine rings is 1. The molecule has 1 aliphatic heterocycles. The molecule has 0 aliphatic carbocycles. The number of sulfonamides is 1. The SMILES string of the molecule is Cc1ccc(Br)c(NS(=O)(=O)c2cccc(C(=O)N3CCCC[C@@H]3C)c2)c1. The van der Waals surface area contributed by atoms with Gasteiger partial charge < -0.3 is 4.90 Å². The van der Waals surface area contributed by atoms with Crippen LogP contribution in [0.2, 0.25) is 0 Å². The maximum Gasteiger partial charge on any atom is 0.261 e. The molecule has 27 heavy (non-hydrogen) atoms. The van der Waals surface area contributed by atoms with Crippen LogP contribution in [-0.2, 0) is 10.0 Å². The number of nitrogens with one attached hydrogen (secondary N) is 1. The minimum Gasteiger partial charge on any atom is -0.336 e. The first-order valence-corrected chi connectivity index (χ1v) is 11.3. The predicted octanol–water partition coefficient (Wildman–Crippen LogP) is 4.57. The average molecular weight is 451 g/mol. The quantitative estimate of drug-likeness (QED) is 0.741. The lowest BCUT2D eigenvalue weighted by Gasteiger charge is -2.33. The van der Waals surface area contributed by atoms with E-state index >= 15 is 0 Å². The number of benzene rings is 2. The van der Waals surface area contributed by atoms with Crippen LogP contribution in [0.1, 0.15) is 42.1 Å². The zero-order valence-corrected chi connectivity index (χ0v) is 17.8. The summed E-state index contributed by atoms with van der Waals surface area (Å²) in [5.41, 5.74) is 1.81. The van der Waals surface area contributed by atoms with Crippen LogP contribution in [0.15, 0.2) is 51.8 Å². The fraction of sp³-hybridized carbons (Fsp3) is 0.350. The normalized spacial score (nSPS) is 17.6. The highest BCUT2D eigenvalue weighted by atomic mass is 79.9. The van der Waals surface area contributed by atoms with E-state index < -0.39 is 10.0 Å². The van der Waals surface area contributed by atoms with Crippen LogP contribution in [0, 0.1) is 6.92 Å². The third kappa shape index (κ3) is 4.52. The molecule has 1 aliphatic rings. The van der Waals surface area contributed by atoms with Crippen molar-refractivity contribution in [2.75, 3.05) is 11.3 Å². The summed E-state index contributed by atoms with van der Waals surface area (Å²) in [6.07, 6.45) is 3.08. The number of carbonyl (C=O) groups is 1. The van der Waals surface area contributed by atoms with E-state index in [2.05, 4.69) is 20.7 Å². The summed E-state index contributed by atoms with van der Waals surface area (Å²) in [6, 6.07) is 11.9. The van der Waals surface area contributed by atoms with Crippen LogP contribution in [-0.4, -0.2) is 31.8 Å². The molecule has 0 saturated carbocycles. The Labute approximate surface area is 169 Å². The van der Waals surface area contributed by atoms with Crippen molar-refractivity contribution in [2.24, 2.45) is 0 Å². The molecule has 0 unspecified atom stereocenters. The van der Waals surface area contributed by atoms with Crippen molar-refractivity contribution >= 4 is 37.5 Å². The third-order valence-corrected chi connectivity index (χ3v) is 6.88. The Morgan fingerprint density at radius 1 is 1.19 bits per heavy atom. The number of halogens is 1. The summed E-state index contributed by atoms with van der Waals surface area (Å²) in [5, 5.41) is 0. The number of amides is 1. The van der Waals surface area contributed by atoms with Gasteiger partial charge >= 0.3 is 0 Å². The zero-order valence-electron chi connectivity index (χ0n) is 15.4. The number of aryl methyl sites for hydroxylation is 1. The second-order valence-electron chi connectivity index (χ2n) is 6.96. The first-order chi connectivity index (χ1) is 12.8. The molecule has 1 saturated heterocycles. The Morgan fingerprint density at radius 2 is 1.96 bits per heavy atom. The van der Waals surface area contributed by atoms with Gasteiger partial charge in [-0.15, -0.1) is 0 Å². The Morgan fingerprint density at radius 3 is 2.70 bits per heavy atom. The van der Waals surface area contributed by atoms with Crippen molar-refractivity contribution in [1.82, 2.24) is 4.90 Å². The fourth-order valence-electron chi connectivity index (χ4n) is 3.28. The lowest BCUT2D eigenvalue weighted by molar-refractivity contribution is 0.0635. The van der Waals surface area contributed by atoms with Gasteiger partial charge in [-0.05, 0) is 84.9 Å². The molecule has 144 valence electrons. The van der Waals surface area contributed by atoms with E-state index in [0.29, 0.717) is 22.3 Å². The molecule has 0 spiro atoms. The van der Waals surface area contributed by atoms with Crippen molar-refractivity contribution < 1.29 is 13.2 Å². The summed E-state index contributed by atoms with van der Waals surface area (Å²) in [5.74, 6) is -0.115. The van der Waals surface area contributed by atoms with Crippen molar-refractivity contribution in [3.63, 3.8) is 0 Å². The smallest absolute Gasteiger partial charge is 0.261 e. The molecule has 0 radical (unpaired) electrons. The van der Waals surface area contributed by atoms with Crippen LogP contribution in [0.5, 0.6) is 0 Å². The predicted molar refractivity (Wildman–Crippen MR) is 110 cm³/mol. The van der Waals surface area contributed by atoms with Gasteiger partial charge in [0.1, 0.15) is 0 Å². The molecule has 0 bridgehead atoms. The molecule has 1 amide bonds. The standard InChI is InChI=1S/C20H23BrN2O3S/c1-14-9-10-18(21)19(12-14)22-27(25,26)17-8-5-7-16(13-17)20(24)23-11-4-3-6-15(23)2/h5,7-10,12-13,15,22H,3-4,6,11H2,1-2H3/t15-/m0/s1. The maximum absolute atomic E-state index is 12.8. The second-order valence-corrected chi connectivity index (χ2v) is 9.50. The molecule has 0 aromatic heterocycles. The van der Waals surface area contributed by atoms with Gasteiger partial charge in [0.05, 0.1) is 10.6 Å². The first-order valence-electron chi connectivity index (χ1n) is 8.98. The molecule has 7 heteroatoms. The number of carbonyl (C=O) groups excluding carboxylic acids is 1. The number of rotatable bonds is 4. The fourth-order valence-corrected chi connectivity index (χ4v) is 4.88. The summed E-state index contributed by atoms with van der Waals surface area (Å²) >= 11 is 3.36. The van der Waals surface area contributed by atoms with E-state index in [1.54, 1.807) is 24.3 Å². The van der Waals surface area contributed by atoms with Gasteiger partial charge in [0.25, 0.3) is 15.9 Å². The van der Waals surface area contributed by atoms with Crippen LogP contribution < -0.4 is 4.72 Å². The largest absolute Gasteiger partial charge is 0.336 e. The van der Waals surface area contributed by atoms with E-state index in [9.17, 15) is 13.2 Å². The van der Waals surface area contributed by atoms with Crippen LogP contribution >= 0.6 is 15.9 Å². The first kappa shape index (κ1) is 19.9. The van der Waals surface area contributed by atoms with Crippen molar-refractivity contribution in [2.45, 2.75) is 44.0 Å². The van der Waals surface area contributed by atoms with Crippen LogP contribution in [0.25, 0.3) is 0 Å². The molecule has 2 aromatic carbocycles. The third-order valence-electron chi connectivity index (χ3n) is 4.82. The second kappa shape index (κ2) is 8.02. The van der Waals surface area contributed by atoms with E-state index in [1.807, 2.05) is 24.8 Å². The topological polar surface area (TPSA) is 66.5 Å². The van der Waals surface area contributed by atoms with Crippen molar-refractivity contribution in [1.29, 1.82) is 0 Å². The minimum absolute atomic E-state index is 0.0754. The summed E-state index contributed by atoms with van der Waals surface area (Å²) in [6.45, 7) is 4.64. The molecule has 1 heterocycles. The van der Waals surface area contributed by atoms with E-state index in [4.69, 9.17) is 0 Å². The van der Waals surface area contributed by atoms with Gasteiger partial charge in [-0.3, -0.25) is 9.52 Å². The highest BCUT2D eigenvalue weighted by molar-refractivity contribution is 9.10. The molecule has 3 rings (SSSR count). The maximum atomic E-state index is 12.8. The van der Waals surface area contributed by atoms with Gasteiger partial charge in [-0.2, -0.15) is 0 Å². The lowest BCUT2D eigenvalue weighted by atomic mass is 10.0. The number of hydrogen-bond acceptors (Lipinski definition) is 3. The van der Waals surface area contributed by atoms with Crippen molar-refractivity contribution in [3.05, 3.63) is 58.1 Å². The summed E-state index contributed by atoms with van der Waals surface area (Å²) in [7, 11) is -3.80. The zero-order chi connectivity index (χ0) is 19.6. The summed E-state index contributed by atoms with van der Waals surface area (Å²) in [4.78, 5) is 14.8. The number of anilines is 1. The minimum atomic E-state index is -3.80. The number of likely N-dealkylation sites (tertiary alicyclic amines) is 1. The van der Waals surface area contributed by atoms with Gasteiger partial charge in [0.15, 0.2) is 0 Å². The molecule has 1 fully saturated rings. The van der Waals surface area contributed by atoms with E-state index in [-0.39, 0.29) is 16.8 Å². The Bertz CT molecular complexity index is 959. The van der Waals surface area contributed by atoms with Gasteiger partial charge in [-0.25, -0.2) is 8.42 Å². The van der Waals surface area contributed by atoms with Crippen LogP contribution in [0.3, 0.4) is 0 Å². The summed E-state index contributed by atoms with van der Waals surface area (Å²) < 4.78 is 28.9. The monoisotopic (exact) mass is 450 g/mol. The van der Waals surface area contributed by atoms with Gasteiger partial charge in [-0.1, -0.05) is 12.1 Å². The van der Waals surface area contributed by atoms with E-state index in [0.717, 1.165) is 24.8 Å². The lowest BCUT2D eigenvalue weighted by Crippen LogP contribution is -2.42. The molecule has 2 aromatic rings. The highest BCUT2D eigenvalue weighted by Crippen LogP contribution is 2.27. The highest BCUT2D eigenvalue weighted by Gasteiger charge is 2.25. The molecule has 5 nitrogen and oxygen atoms in total. The van der Waals surface area contributed by atoms with Gasteiger partial charge in [0, 0.05) is 22.6 Å². The van der Waals surface area contributed by atoms with E-state index in [1.165, 1.54) is 12.1 Å². The number of hydrogen-bond donors (Lipinski definition) is 1. The van der Waals surface area contributed by atoms with Crippen molar-refractivity contribution in [3.8, 4) is 0 Å².